The van der Waals surface area contributed by atoms with Crippen molar-refractivity contribution in [3.8, 4) is 5.69 Å². The number of carbonyl (C=O) groups excluding carboxylic acids is 2. The molecule has 2 aromatic heterocycles. The molecule has 0 radical (unpaired) electrons. The van der Waals surface area contributed by atoms with Crippen LogP contribution < -0.4 is 5.32 Å². The van der Waals surface area contributed by atoms with Crippen molar-refractivity contribution in [3.63, 3.8) is 0 Å². The van der Waals surface area contributed by atoms with Gasteiger partial charge in [0.25, 0.3) is 0 Å². The van der Waals surface area contributed by atoms with Crippen molar-refractivity contribution < 1.29 is 9.59 Å². The van der Waals surface area contributed by atoms with E-state index in [0.29, 0.717) is 18.7 Å². The maximum atomic E-state index is 12.8. The Morgan fingerprint density at radius 2 is 1.96 bits per heavy atom. The zero-order chi connectivity index (χ0) is 18.6. The fraction of sp³-hybridized carbons (Fsp3) is 0.263. The predicted octanol–water partition coefficient (Wildman–Crippen LogP) is 1.70. The lowest BCUT2D eigenvalue weighted by Gasteiger charge is -2.24. The van der Waals surface area contributed by atoms with Crippen molar-refractivity contribution in [2.75, 3.05) is 11.9 Å². The average molecular weight is 364 g/mol. The molecule has 1 saturated heterocycles. The SMILES string of the molecule is O=C(Nc1cccc(-n2cccn2)c1)[C@H]1CCCN1C(=O)Cn1cccn1. The molecule has 3 aromatic rings. The molecule has 0 aliphatic carbocycles. The van der Waals surface area contributed by atoms with E-state index in [4.69, 9.17) is 0 Å². The van der Waals surface area contributed by atoms with Crippen LogP contribution in [0.1, 0.15) is 12.8 Å². The van der Waals surface area contributed by atoms with Crippen LogP contribution in [0, 0.1) is 0 Å². The summed E-state index contributed by atoms with van der Waals surface area (Å²) in [4.78, 5) is 27.0. The standard InChI is InChI=1S/C19H20N6O2/c26-18(14-23-10-3-8-20-23)24-11-2-7-17(24)19(27)22-15-5-1-6-16(13-15)25-12-4-9-21-25/h1,3-6,8-10,12-13,17H,2,7,11,14H2,(H,22,27)/t17-/m1/s1. The maximum absolute atomic E-state index is 12.8. The lowest BCUT2D eigenvalue weighted by molar-refractivity contribution is -0.137. The van der Waals surface area contributed by atoms with Crippen LogP contribution in [0.15, 0.2) is 61.2 Å². The van der Waals surface area contributed by atoms with Gasteiger partial charge in [-0.2, -0.15) is 10.2 Å². The van der Waals surface area contributed by atoms with E-state index < -0.39 is 6.04 Å². The van der Waals surface area contributed by atoms with Gasteiger partial charge in [-0.15, -0.1) is 0 Å². The van der Waals surface area contributed by atoms with E-state index in [1.54, 1.807) is 38.9 Å². The zero-order valence-corrected chi connectivity index (χ0v) is 14.7. The monoisotopic (exact) mass is 364 g/mol. The highest BCUT2D eigenvalue weighted by molar-refractivity contribution is 5.97. The van der Waals surface area contributed by atoms with E-state index >= 15 is 0 Å². The molecule has 8 heteroatoms. The lowest BCUT2D eigenvalue weighted by atomic mass is 10.2. The van der Waals surface area contributed by atoms with E-state index in [1.807, 2.05) is 36.5 Å². The van der Waals surface area contributed by atoms with Crippen molar-refractivity contribution in [3.05, 3.63) is 61.2 Å². The molecule has 1 atom stereocenters. The van der Waals surface area contributed by atoms with E-state index in [-0.39, 0.29) is 18.4 Å². The minimum atomic E-state index is -0.457. The van der Waals surface area contributed by atoms with Crippen molar-refractivity contribution in [1.29, 1.82) is 0 Å². The maximum Gasteiger partial charge on any atom is 0.247 e. The van der Waals surface area contributed by atoms with Crippen molar-refractivity contribution >= 4 is 17.5 Å². The van der Waals surface area contributed by atoms with Gasteiger partial charge in [0.2, 0.25) is 11.8 Å². The van der Waals surface area contributed by atoms with Crippen LogP contribution in [0.25, 0.3) is 5.69 Å². The third-order valence-corrected chi connectivity index (χ3v) is 4.61. The topological polar surface area (TPSA) is 85.0 Å². The fourth-order valence-corrected chi connectivity index (χ4v) is 3.33. The van der Waals surface area contributed by atoms with E-state index in [9.17, 15) is 9.59 Å². The molecule has 4 rings (SSSR count). The summed E-state index contributed by atoms with van der Waals surface area (Å²) in [6.07, 6.45) is 8.39. The van der Waals surface area contributed by atoms with Crippen LogP contribution in [-0.2, 0) is 16.1 Å². The first-order chi connectivity index (χ1) is 13.2. The molecule has 0 unspecified atom stereocenters. The molecule has 2 amide bonds. The molecule has 1 aliphatic heterocycles. The van der Waals surface area contributed by atoms with E-state index in [0.717, 1.165) is 12.1 Å². The lowest BCUT2D eigenvalue weighted by Crippen LogP contribution is -2.44. The van der Waals surface area contributed by atoms with Gasteiger partial charge in [-0.05, 0) is 43.2 Å². The summed E-state index contributed by atoms with van der Waals surface area (Å²) in [5.41, 5.74) is 1.54. The molecule has 138 valence electrons. The largest absolute Gasteiger partial charge is 0.329 e. The Morgan fingerprint density at radius 1 is 1.11 bits per heavy atom. The minimum Gasteiger partial charge on any atom is -0.329 e. The second kappa shape index (κ2) is 7.45. The highest BCUT2D eigenvalue weighted by atomic mass is 16.2. The van der Waals surface area contributed by atoms with Crippen molar-refractivity contribution in [2.24, 2.45) is 0 Å². The van der Waals surface area contributed by atoms with Crippen LogP contribution in [-0.4, -0.2) is 48.9 Å². The summed E-state index contributed by atoms with van der Waals surface area (Å²) in [7, 11) is 0. The quantitative estimate of drug-likeness (QED) is 0.747. The number of rotatable bonds is 5. The molecule has 1 fully saturated rings. The van der Waals surface area contributed by atoms with Gasteiger partial charge < -0.3 is 10.2 Å². The Kier molecular flexibility index (Phi) is 4.69. The summed E-state index contributed by atoms with van der Waals surface area (Å²) in [5.74, 6) is -0.263. The number of benzene rings is 1. The number of aromatic nitrogens is 4. The Balaban J connectivity index is 1.44. The number of likely N-dealkylation sites (tertiary alicyclic amines) is 1. The first-order valence-electron chi connectivity index (χ1n) is 8.88. The molecule has 0 spiro atoms. The van der Waals surface area contributed by atoms with Gasteiger partial charge in [0.15, 0.2) is 0 Å². The van der Waals surface area contributed by atoms with Gasteiger partial charge >= 0.3 is 0 Å². The molecule has 1 aromatic carbocycles. The number of carbonyl (C=O) groups is 2. The Morgan fingerprint density at radius 3 is 2.74 bits per heavy atom. The van der Waals surface area contributed by atoms with Crippen molar-refractivity contribution in [1.82, 2.24) is 24.5 Å². The smallest absolute Gasteiger partial charge is 0.247 e. The van der Waals surface area contributed by atoms with Gasteiger partial charge in [-0.3, -0.25) is 14.3 Å². The molecule has 0 bridgehead atoms. The van der Waals surface area contributed by atoms with Gasteiger partial charge in [-0.1, -0.05) is 6.07 Å². The number of hydrogen-bond donors (Lipinski definition) is 1. The van der Waals surface area contributed by atoms with Crippen LogP contribution in [0.3, 0.4) is 0 Å². The summed E-state index contributed by atoms with van der Waals surface area (Å²) in [6, 6.07) is 10.6. The summed E-state index contributed by atoms with van der Waals surface area (Å²) < 4.78 is 3.30. The van der Waals surface area contributed by atoms with E-state index in [1.165, 1.54) is 0 Å². The van der Waals surface area contributed by atoms with Crippen LogP contribution >= 0.6 is 0 Å². The molecule has 1 aliphatic rings. The normalized spacial score (nSPS) is 16.4. The second-order valence-corrected chi connectivity index (χ2v) is 6.44. The number of nitrogens with one attached hydrogen (secondary N) is 1. The Labute approximate surface area is 156 Å². The van der Waals surface area contributed by atoms with E-state index in [2.05, 4.69) is 15.5 Å². The van der Waals surface area contributed by atoms with Crippen LogP contribution in [0.2, 0.25) is 0 Å². The van der Waals surface area contributed by atoms with Crippen LogP contribution in [0.4, 0.5) is 5.69 Å². The predicted molar refractivity (Wildman–Crippen MR) is 99.2 cm³/mol. The number of hydrogen-bond acceptors (Lipinski definition) is 4. The first kappa shape index (κ1) is 17.0. The Hall–Kier alpha value is -3.42. The second-order valence-electron chi connectivity index (χ2n) is 6.44. The molecule has 1 N–H and O–H groups in total. The summed E-state index contributed by atoms with van der Waals surface area (Å²) in [5, 5.41) is 11.2. The average Bonchev–Trinajstić information content (AvgIpc) is 3.43. The molecule has 3 heterocycles. The van der Waals surface area contributed by atoms with Gasteiger partial charge in [-0.25, -0.2) is 4.68 Å². The summed E-state index contributed by atoms with van der Waals surface area (Å²) >= 11 is 0. The molecule has 27 heavy (non-hydrogen) atoms. The van der Waals surface area contributed by atoms with Crippen LogP contribution in [0.5, 0.6) is 0 Å². The fourth-order valence-electron chi connectivity index (χ4n) is 3.33. The highest BCUT2D eigenvalue weighted by Crippen LogP contribution is 2.21. The van der Waals surface area contributed by atoms with Crippen molar-refractivity contribution in [2.45, 2.75) is 25.4 Å². The third-order valence-electron chi connectivity index (χ3n) is 4.61. The first-order valence-corrected chi connectivity index (χ1v) is 8.88. The molecular formula is C19H20N6O2. The molecular weight excluding hydrogens is 344 g/mol. The van der Waals surface area contributed by atoms with Gasteiger partial charge in [0, 0.05) is 37.0 Å². The molecule has 8 nitrogen and oxygen atoms in total. The zero-order valence-electron chi connectivity index (χ0n) is 14.7. The van der Waals surface area contributed by atoms with Gasteiger partial charge in [0.05, 0.1) is 5.69 Å². The third kappa shape index (κ3) is 3.74. The molecule has 0 saturated carbocycles. The number of nitrogens with zero attached hydrogens (tertiary/aromatic N) is 5. The highest BCUT2D eigenvalue weighted by Gasteiger charge is 2.34. The van der Waals surface area contributed by atoms with Gasteiger partial charge in [0.1, 0.15) is 12.6 Å². The number of amides is 2. The number of anilines is 1. The summed E-state index contributed by atoms with van der Waals surface area (Å²) in [6.45, 7) is 0.733. The minimum absolute atomic E-state index is 0.0957. The Bertz CT molecular complexity index is 920.